The van der Waals surface area contributed by atoms with Crippen LogP contribution in [-0.2, 0) is 9.59 Å². The number of hydrogen-bond donors (Lipinski definition) is 3. The van der Waals surface area contributed by atoms with Crippen molar-refractivity contribution < 1.29 is 19.8 Å². The number of carbonyl (C=O) groups excluding carboxylic acids is 2. The van der Waals surface area contributed by atoms with E-state index in [1.165, 1.54) is 13.0 Å². The fraction of sp³-hybridized carbons (Fsp3) is 0.286. The number of amides is 1. The topological polar surface area (TPSA) is 86.6 Å². The van der Waals surface area contributed by atoms with Gasteiger partial charge in [0.15, 0.2) is 5.78 Å². The maximum Gasteiger partial charge on any atom is 0.267 e. The summed E-state index contributed by atoms with van der Waals surface area (Å²) in [6, 6.07) is 9.01. The summed E-state index contributed by atoms with van der Waals surface area (Å²) in [5, 5.41) is 22.5. The third-order valence-electron chi connectivity index (χ3n) is 3.16. The summed E-state index contributed by atoms with van der Waals surface area (Å²) in [5.74, 6) is -1.58. The molecule has 0 aliphatic carbocycles. The van der Waals surface area contributed by atoms with Gasteiger partial charge in [-0.15, -0.1) is 0 Å². The molecule has 0 unspecified atom stereocenters. The summed E-state index contributed by atoms with van der Waals surface area (Å²) in [6.45, 7) is 1.53. The quantitative estimate of drug-likeness (QED) is 0.680. The molecule has 1 aliphatic rings. The van der Waals surface area contributed by atoms with Crippen LogP contribution in [0.3, 0.4) is 0 Å². The fourth-order valence-electron chi connectivity index (χ4n) is 2.04. The lowest BCUT2D eigenvalue weighted by atomic mass is 9.91. The van der Waals surface area contributed by atoms with Crippen molar-refractivity contribution in [2.24, 2.45) is 0 Å². The summed E-state index contributed by atoms with van der Waals surface area (Å²) in [7, 11) is 0. The first kappa shape index (κ1) is 13.5. The average molecular weight is 261 g/mol. The van der Waals surface area contributed by atoms with Crippen molar-refractivity contribution in [2.75, 3.05) is 0 Å². The Labute approximate surface area is 110 Å². The van der Waals surface area contributed by atoms with E-state index in [4.69, 9.17) is 0 Å². The molecule has 3 N–H and O–H groups in total. The number of hydrogen-bond acceptors (Lipinski definition) is 4. The number of Topliss-reactive ketones (excluding diaryl/α,β-unsaturated/α-hetero) is 1. The van der Waals surface area contributed by atoms with Gasteiger partial charge in [0.05, 0.1) is 5.70 Å². The molecule has 100 valence electrons. The molecule has 1 aliphatic heterocycles. The van der Waals surface area contributed by atoms with Crippen LogP contribution in [0.4, 0.5) is 0 Å². The molecule has 0 aromatic heterocycles. The number of rotatable bonds is 3. The zero-order chi connectivity index (χ0) is 14.0. The van der Waals surface area contributed by atoms with Crippen molar-refractivity contribution in [3.8, 4) is 0 Å². The predicted octanol–water partition coefficient (Wildman–Crippen LogP) is 0.228. The molecule has 0 bridgehead atoms. The normalized spacial score (nSPS) is 28.5. The molecule has 1 saturated heterocycles. The molecule has 19 heavy (non-hydrogen) atoms. The predicted molar refractivity (Wildman–Crippen MR) is 68.8 cm³/mol. The highest BCUT2D eigenvalue weighted by molar-refractivity contribution is 6.13. The molecule has 1 fully saturated rings. The summed E-state index contributed by atoms with van der Waals surface area (Å²) in [6.07, 6.45) is -0.0593. The SMILES string of the molecule is CCC(=O)[C@]1(O)C(=O)N/C(=C\c2ccccc2)[C@@H]1O. The van der Waals surface area contributed by atoms with Gasteiger partial charge in [-0.1, -0.05) is 37.3 Å². The average Bonchev–Trinajstić information content (AvgIpc) is 2.64. The van der Waals surface area contributed by atoms with Gasteiger partial charge in [-0.25, -0.2) is 0 Å². The van der Waals surface area contributed by atoms with E-state index in [1.807, 2.05) is 6.07 Å². The molecule has 0 saturated carbocycles. The molecular weight excluding hydrogens is 246 g/mol. The van der Waals surface area contributed by atoms with E-state index in [0.29, 0.717) is 0 Å². The largest absolute Gasteiger partial charge is 0.383 e. The van der Waals surface area contributed by atoms with Crippen molar-refractivity contribution in [1.29, 1.82) is 0 Å². The van der Waals surface area contributed by atoms with Gasteiger partial charge in [-0.2, -0.15) is 0 Å². The molecule has 1 heterocycles. The molecule has 5 heteroatoms. The van der Waals surface area contributed by atoms with Gasteiger partial charge in [0.2, 0.25) is 5.60 Å². The van der Waals surface area contributed by atoms with Gasteiger partial charge in [-0.05, 0) is 11.6 Å². The van der Waals surface area contributed by atoms with E-state index in [-0.39, 0.29) is 12.1 Å². The van der Waals surface area contributed by atoms with Gasteiger partial charge in [0, 0.05) is 6.42 Å². The molecule has 1 aromatic rings. The van der Waals surface area contributed by atoms with Gasteiger partial charge in [0.1, 0.15) is 6.10 Å². The minimum Gasteiger partial charge on any atom is -0.383 e. The van der Waals surface area contributed by atoms with Crippen molar-refractivity contribution in [3.05, 3.63) is 41.6 Å². The maximum absolute atomic E-state index is 11.7. The van der Waals surface area contributed by atoms with Crippen LogP contribution < -0.4 is 5.32 Å². The second kappa shape index (κ2) is 4.95. The second-order valence-electron chi connectivity index (χ2n) is 4.41. The Morgan fingerprint density at radius 1 is 1.42 bits per heavy atom. The molecule has 1 amide bonds. The first-order valence-electron chi connectivity index (χ1n) is 6.02. The molecule has 0 spiro atoms. The summed E-state index contributed by atoms with van der Waals surface area (Å²) < 4.78 is 0. The second-order valence-corrected chi connectivity index (χ2v) is 4.41. The van der Waals surface area contributed by atoms with Gasteiger partial charge in [-0.3, -0.25) is 9.59 Å². The zero-order valence-electron chi connectivity index (χ0n) is 10.5. The van der Waals surface area contributed by atoms with Gasteiger partial charge >= 0.3 is 0 Å². The Balaban J connectivity index is 2.36. The number of aliphatic hydroxyl groups is 2. The van der Waals surface area contributed by atoms with Crippen LogP contribution in [-0.4, -0.2) is 33.6 Å². The van der Waals surface area contributed by atoms with Gasteiger partial charge in [0.25, 0.3) is 5.91 Å². The number of ketones is 1. The van der Waals surface area contributed by atoms with E-state index in [1.54, 1.807) is 24.3 Å². The van der Waals surface area contributed by atoms with E-state index in [9.17, 15) is 19.8 Å². The van der Waals surface area contributed by atoms with Crippen molar-refractivity contribution in [3.63, 3.8) is 0 Å². The standard InChI is InChI=1S/C14H15NO4/c1-2-11(16)14(19)12(17)10(15-13(14)18)8-9-6-4-3-5-7-9/h3-8,12,17,19H,2H2,1H3,(H,15,18)/b10-8-/t12-,14+/m0/s1. The first-order chi connectivity index (χ1) is 9.00. The lowest BCUT2D eigenvalue weighted by Crippen LogP contribution is -2.52. The number of benzene rings is 1. The minimum absolute atomic E-state index is 0.0282. The van der Waals surface area contributed by atoms with E-state index >= 15 is 0 Å². The molecule has 1 aromatic carbocycles. The van der Waals surface area contributed by atoms with Crippen LogP contribution in [0.25, 0.3) is 6.08 Å². The molecule has 0 radical (unpaired) electrons. The highest BCUT2D eigenvalue weighted by Gasteiger charge is 2.55. The van der Waals surface area contributed by atoms with E-state index in [2.05, 4.69) is 5.32 Å². The highest BCUT2D eigenvalue weighted by atomic mass is 16.4. The maximum atomic E-state index is 11.7. The number of nitrogens with one attached hydrogen (secondary N) is 1. The smallest absolute Gasteiger partial charge is 0.267 e. The Morgan fingerprint density at radius 3 is 2.63 bits per heavy atom. The first-order valence-corrected chi connectivity index (χ1v) is 6.02. The molecule has 2 rings (SSSR count). The monoisotopic (exact) mass is 261 g/mol. The summed E-state index contributed by atoms with van der Waals surface area (Å²) >= 11 is 0. The Hall–Kier alpha value is -1.98. The number of carbonyl (C=O) groups is 2. The van der Waals surface area contributed by atoms with Crippen LogP contribution in [0.2, 0.25) is 0 Å². The van der Waals surface area contributed by atoms with Crippen LogP contribution in [0, 0.1) is 0 Å². The van der Waals surface area contributed by atoms with Crippen molar-refractivity contribution in [1.82, 2.24) is 5.32 Å². The fourth-order valence-corrected chi connectivity index (χ4v) is 2.04. The minimum atomic E-state index is -2.38. The molecule has 5 nitrogen and oxygen atoms in total. The van der Waals surface area contributed by atoms with Crippen LogP contribution in [0.1, 0.15) is 18.9 Å². The van der Waals surface area contributed by atoms with E-state index in [0.717, 1.165) is 5.56 Å². The van der Waals surface area contributed by atoms with E-state index < -0.39 is 23.4 Å². The Morgan fingerprint density at radius 2 is 2.05 bits per heavy atom. The Kier molecular flexibility index (Phi) is 3.50. The lowest BCUT2D eigenvalue weighted by Gasteiger charge is -2.20. The number of aliphatic hydroxyl groups excluding tert-OH is 1. The van der Waals surface area contributed by atoms with Gasteiger partial charge < -0.3 is 15.5 Å². The lowest BCUT2D eigenvalue weighted by molar-refractivity contribution is -0.155. The third-order valence-corrected chi connectivity index (χ3v) is 3.16. The molecular formula is C14H15NO4. The van der Waals surface area contributed by atoms with Crippen LogP contribution in [0.5, 0.6) is 0 Å². The van der Waals surface area contributed by atoms with Crippen LogP contribution in [0.15, 0.2) is 36.0 Å². The third kappa shape index (κ3) is 2.18. The van der Waals surface area contributed by atoms with Crippen LogP contribution >= 0.6 is 0 Å². The van der Waals surface area contributed by atoms with Crippen molar-refractivity contribution >= 4 is 17.8 Å². The van der Waals surface area contributed by atoms with Crippen molar-refractivity contribution in [2.45, 2.75) is 25.0 Å². The summed E-state index contributed by atoms with van der Waals surface area (Å²) in [5.41, 5.74) is -1.50. The zero-order valence-corrected chi connectivity index (χ0v) is 10.5. The Bertz CT molecular complexity index is 538. The molecule has 2 atom stereocenters. The highest BCUT2D eigenvalue weighted by Crippen LogP contribution is 2.27. The summed E-state index contributed by atoms with van der Waals surface area (Å²) in [4.78, 5) is 23.4.